The van der Waals surface area contributed by atoms with Crippen LogP contribution in [0.3, 0.4) is 0 Å². The molecule has 0 fully saturated rings. The number of aryl methyl sites for hydroxylation is 1. The van der Waals surface area contributed by atoms with E-state index in [9.17, 15) is 0 Å². The number of pyridine rings is 1. The molecule has 1 aliphatic carbocycles. The molecule has 55 heavy (non-hydrogen) atoms. The number of benzene rings is 7. The van der Waals surface area contributed by atoms with Gasteiger partial charge in [-0.1, -0.05) is 108 Å². The minimum Gasteiger partial charge on any atom is -0.319 e. The number of anilines is 4. The van der Waals surface area contributed by atoms with Crippen LogP contribution in [0.25, 0.3) is 38.8 Å². The zero-order valence-electron chi connectivity index (χ0n) is 32.3. The molecular weight excluding hydrogens is 856 g/mol. The summed E-state index contributed by atoms with van der Waals surface area (Å²) in [6.45, 7) is -2.28. The van der Waals surface area contributed by atoms with Gasteiger partial charge in [0.2, 0.25) is 0 Å². The second kappa shape index (κ2) is 12.9. The van der Waals surface area contributed by atoms with Crippen LogP contribution >= 0.6 is 0 Å². The number of hydrogen-bond acceptors (Lipinski definition) is 3. The molecule has 5 nitrogen and oxygen atoms in total. The summed E-state index contributed by atoms with van der Waals surface area (Å²) < 4.78 is 26.6. The Balaban J connectivity index is 0.00000408. The summed E-state index contributed by atoms with van der Waals surface area (Å²) >= 11 is 0. The first-order valence-electron chi connectivity index (χ1n) is 19.5. The normalized spacial score (nSPS) is 14.8. The summed E-state index contributed by atoms with van der Waals surface area (Å²) in [7, 11) is 0. The summed E-state index contributed by atoms with van der Waals surface area (Å²) in [5.41, 5.74) is 11.3. The van der Waals surface area contributed by atoms with Gasteiger partial charge in [-0.3, -0.25) is 0 Å². The molecule has 11 rings (SSSR count). The summed E-state index contributed by atoms with van der Waals surface area (Å²) in [6, 6.07) is 65.6. The van der Waals surface area contributed by atoms with E-state index in [4.69, 9.17) is 14.0 Å². The number of nitrogens with zero attached hydrogens (tertiary/aromatic N) is 4. The van der Waals surface area contributed by atoms with E-state index in [2.05, 4.69) is 127 Å². The minimum absolute atomic E-state index is 0. The van der Waals surface area contributed by atoms with Crippen molar-refractivity contribution in [1.29, 1.82) is 0 Å². The monoisotopic (exact) mass is 891 g/mol. The van der Waals surface area contributed by atoms with Crippen LogP contribution in [0.15, 0.2) is 176 Å². The molecule has 2 aromatic heterocycles. The molecule has 0 radical (unpaired) electrons. The van der Waals surface area contributed by atoms with Gasteiger partial charge in [-0.2, -0.15) is 35.3 Å². The molecule has 0 atom stereocenters. The van der Waals surface area contributed by atoms with Crippen LogP contribution in [-0.2, 0) is 26.5 Å². The van der Waals surface area contributed by atoms with Crippen molar-refractivity contribution in [2.24, 2.45) is 0 Å². The van der Waals surface area contributed by atoms with E-state index >= 15 is 0 Å². The Bertz CT molecular complexity index is 2990. The maximum Gasteiger partial charge on any atom is 0.148 e. The molecule has 266 valence electrons. The molecule has 0 amide bonds. The fraction of sp³-hybridized carbons (Fsp3) is 0.0408. The number of fused-ring (bicyclic) bond motifs is 7. The molecular formula is C49H33N4OPt-. The quantitative estimate of drug-likeness (QED) is 0.128. The Morgan fingerprint density at radius 3 is 2.05 bits per heavy atom. The van der Waals surface area contributed by atoms with Gasteiger partial charge in [0, 0.05) is 48.0 Å². The van der Waals surface area contributed by atoms with E-state index in [-0.39, 0.29) is 26.6 Å². The largest absolute Gasteiger partial charge is 0.319 e. The fourth-order valence-electron chi connectivity index (χ4n) is 8.60. The van der Waals surface area contributed by atoms with Gasteiger partial charge in [-0.25, -0.2) is 4.98 Å². The zero-order valence-corrected chi connectivity index (χ0v) is 31.6. The predicted octanol–water partition coefficient (Wildman–Crippen LogP) is 11.6. The first-order valence-corrected chi connectivity index (χ1v) is 18.0. The topological polar surface area (TPSA) is 37.1 Å². The summed E-state index contributed by atoms with van der Waals surface area (Å²) in [5, 5.41) is 5.97. The standard InChI is InChI=1S/C49H32N4O.Pt/c1-33-28-29-50-48(30-33)51-44-23-10-7-20-40(44)41-27-26-35(32-47(41)51)49(42-21-8-5-18-38(42)39-19-6-9-22-43(39)49)34-14-13-17-37(31-34)53-46-25-12-11-24-45(46)52(54-53)36-15-3-2-4-16-36;/h2-30H,1H3;/q-2;/p+1/i1D3;. The number of aromatic nitrogens is 2. The SMILES string of the molecule is [2H]C([2H])([2H])c1ccnc(-n2c3[c-]c(C4(c5[c-]c(N6[OH+]N(c7ccccc7)c7ccccc76)ccc5)c5ccccc5-c5ccccc54)ccc3c3ccccc32)c1.[Pt]. The summed E-state index contributed by atoms with van der Waals surface area (Å²) in [5.74, 6) is 0.523. The van der Waals surface area contributed by atoms with Gasteiger partial charge in [0.05, 0.1) is 0 Å². The van der Waals surface area contributed by atoms with Crippen molar-refractivity contribution in [1.82, 2.24) is 9.55 Å². The van der Waals surface area contributed by atoms with E-state index in [1.165, 1.54) is 0 Å². The van der Waals surface area contributed by atoms with E-state index in [0.29, 0.717) is 5.82 Å². The van der Waals surface area contributed by atoms with Crippen LogP contribution in [-0.4, -0.2) is 14.5 Å². The van der Waals surface area contributed by atoms with Gasteiger partial charge < -0.3 is 4.57 Å². The average Bonchev–Trinajstić information content (AvgIpc) is 3.91. The smallest absolute Gasteiger partial charge is 0.148 e. The minimum atomic E-state index is -2.28. The maximum absolute atomic E-state index is 8.17. The molecule has 7 aromatic carbocycles. The van der Waals surface area contributed by atoms with Gasteiger partial charge in [-0.05, 0) is 82.5 Å². The maximum atomic E-state index is 8.17. The number of hydrogen-bond donors (Lipinski definition) is 0. The Hall–Kier alpha value is -6.26. The third-order valence-corrected chi connectivity index (χ3v) is 10.8. The molecule has 0 bridgehead atoms. The van der Waals surface area contributed by atoms with Crippen LogP contribution in [0, 0.1) is 19.0 Å². The van der Waals surface area contributed by atoms with Crippen molar-refractivity contribution in [3.05, 3.63) is 216 Å². The average molecular weight is 892 g/mol. The van der Waals surface area contributed by atoms with Gasteiger partial charge in [0.25, 0.3) is 0 Å². The Morgan fingerprint density at radius 2 is 1.27 bits per heavy atom. The van der Waals surface area contributed by atoms with Crippen LogP contribution in [0.5, 0.6) is 0 Å². The molecule has 9 aromatic rings. The summed E-state index contributed by atoms with van der Waals surface area (Å²) in [4.78, 5) is 9.90. The Labute approximate surface area is 338 Å². The van der Waals surface area contributed by atoms with E-state index in [0.717, 1.165) is 77.9 Å². The zero-order chi connectivity index (χ0) is 38.3. The number of rotatable bonds is 5. The third kappa shape index (κ3) is 4.90. The Morgan fingerprint density at radius 1 is 0.600 bits per heavy atom. The third-order valence-electron chi connectivity index (χ3n) is 10.8. The molecule has 3 heterocycles. The number of para-hydroxylation sites is 4. The van der Waals surface area contributed by atoms with Crippen LogP contribution < -0.4 is 10.1 Å². The van der Waals surface area contributed by atoms with Crippen molar-refractivity contribution in [2.45, 2.75) is 12.3 Å². The van der Waals surface area contributed by atoms with E-state index in [1.54, 1.807) is 18.3 Å². The van der Waals surface area contributed by atoms with Crippen molar-refractivity contribution in [3.63, 3.8) is 0 Å². The van der Waals surface area contributed by atoms with E-state index in [1.807, 2.05) is 57.2 Å². The molecule has 0 saturated carbocycles. The van der Waals surface area contributed by atoms with Crippen LogP contribution in [0.2, 0.25) is 0 Å². The van der Waals surface area contributed by atoms with Gasteiger partial charge in [-0.15, -0.1) is 33.7 Å². The second-order valence-electron chi connectivity index (χ2n) is 13.7. The van der Waals surface area contributed by atoms with E-state index < -0.39 is 12.3 Å². The van der Waals surface area contributed by atoms with Gasteiger partial charge in [0.1, 0.15) is 22.9 Å². The molecule has 1 aliphatic heterocycles. The molecule has 0 saturated heterocycles. The molecule has 1 N–H and O–H groups in total. The first kappa shape index (κ1) is 30.1. The summed E-state index contributed by atoms with van der Waals surface area (Å²) in [6.07, 6.45) is 1.58. The van der Waals surface area contributed by atoms with Crippen molar-refractivity contribution in [3.8, 4) is 16.9 Å². The second-order valence-corrected chi connectivity index (χ2v) is 13.7. The van der Waals surface area contributed by atoms with Gasteiger partial charge >= 0.3 is 0 Å². The van der Waals surface area contributed by atoms with Crippen LogP contribution in [0.4, 0.5) is 22.7 Å². The van der Waals surface area contributed by atoms with Crippen molar-refractivity contribution in [2.75, 3.05) is 10.1 Å². The van der Waals surface area contributed by atoms with Gasteiger partial charge in [0.15, 0.2) is 0 Å². The molecule has 6 heteroatoms. The molecule has 0 unspecified atom stereocenters. The molecule has 0 spiro atoms. The molecule has 2 aliphatic rings. The van der Waals surface area contributed by atoms with Crippen molar-refractivity contribution >= 4 is 44.6 Å². The fourth-order valence-corrected chi connectivity index (χ4v) is 8.60. The van der Waals surface area contributed by atoms with Crippen molar-refractivity contribution < 1.29 is 30.1 Å². The van der Waals surface area contributed by atoms with Crippen LogP contribution in [0.1, 0.15) is 31.9 Å². The Kier molecular flexibility index (Phi) is 7.09. The predicted molar refractivity (Wildman–Crippen MR) is 217 cm³/mol. The first-order chi connectivity index (χ1) is 27.9.